The minimum absolute atomic E-state index is 0.00664. The highest BCUT2D eigenvalue weighted by atomic mass is 32.2. The van der Waals surface area contributed by atoms with Crippen molar-refractivity contribution in [3.05, 3.63) is 82.4 Å². The molecular weight excluding hydrogens is 426 g/mol. The van der Waals surface area contributed by atoms with Crippen LogP contribution in [-0.2, 0) is 24.3 Å². The van der Waals surface area contributed by atoms with Gasteiger partial charge in [-0.2, -0.15) is 4.31 Å². The van der Waals surface area contributed by atoms with Crippen LogP contribution in [0.3, 0.4) is 0 Å². The second-order valence-electron chi connectivity index (χ2n) is 7.69. The van der Waals surface area contributed by atoms with E-state index in [9.17, 15) is 18.0 Å². The fourth-order valence-electron chi connectivity index (χ4n) is 3.74. The number of ether oxygens (including phenoxy) is 1. The number of carbonyl (C=O) groups is 2. The predicted molar refractivity (Wildman–Crippen MR) is 123 cm³/mol. The molecule has 0 radical (unpaired) electrons. The Morgan fingerprint density at radius 3 is 2.09 bits per heavy atom. The molecule has 0 N–H and O–H groups in total. The van der Waals surface area contributed by atoms with Crippen LogP contribution in [0.5, 0.6) is 0 Å². The van der Waals surface area contributed by atoms with Gasteiger partial charge in [-0.05, 0) is 56.5 Å². The van der Waals surface area contributed by atoms with E-state index >= 15 is 0 Å². The Kier molecular flexibility index (Phi) is 7.11. The van der Waals surface area contributed by atoms with Crippen molar-refractivity contribution in [2.75, 3.05) is 19.7 Å². The van der Waals surface area contributed by atoms with Gasteiger partial charge >= 0.3 is 5.97 Å². The standard InChI is InChI=1S/C25H27NO5S/c1-5-31-25(28)24(20-9-7-6-8-10-20)18(3)22-15-26(16-23(22)19(4)27)32(29,30)21-13-11-17(2)12-14-21/h6-14H,5,15-16H2,1-4H3/b24-18-. The number of Topliss-reactive ketones (excluding diaryl/α,β-unsaturated/α-hetero) is 1. The number of sulfonamides is 1. The number of esters is 1. The quantitative estimate of drug-likeness (QED) is 0.469. The number of hydrogen-bond donors (Lipinski definition) is 0. The lowest BCUT2D eigenvalue weighted by Gasteiger charge is -2.18. The lowest BCUT2D eigenvalue weighted by atomic mass is 9.93. The van der Waals surface area contributed by atoms with Crippen LogP contribution in [-0.4, -0.2) is 44.2 Å². The molecule has 0 aromatic heterocycles. The maximum atomic E-state index is 13.2. The van der Waals surface area contributed by atoms with Crippen molar-refractivity contribution in [1.82, 2.24) is 4.31 Å². The average Bonchev–Trinajstić information content (AvgIpc) is 3.22. The lowest BCUT2D eigenvalue weighted by molar-refractivity contribution is -0.136. The minimum atomic E-state index is -3.81. The first-order valence-corrected chi connectivity index (χ1v) is 11.8. The van der Waals surface area contributed by atoms with Crippen molar-refractivity contribution < 1.29 is 22.7 Å². The molecule has 2 aromatic rings. The van der Waals surface area contributed by atoms with E-state index in [1.807, 2.05) is 25.1 Å². The van der Waals surface area contributed by atoms with E-state index in [1.165, 1.54) is 11.2 Å². The van der Waals surface area contributed by atoms with Crippen LogP contribution in [0.15, 0.2) is 76.2 Å². The summed E-state index contributed by atoms with van der Waals surface area (Å²) < 4.78 is 33.0. The summed E-state index contributed by atoms with van der Waals surface area (Å²) >= 11 is 0. The highest BCUT2D eigenvalue weighted by molar-refractivity contribution is 7.89. The Balaban J connectivity index is 2.09. The van der Waals surface area contributed by atoms with Crippen LogP contribution in [0.1, 0.15) is 31.9 Å². The Labute approximate surface area is 189 Å². The van der Waals surface area contributed by atoms with Gasteiger partial charge in [0.05, 0.1) is 17.1 Å². The van der Waals surface area contributed by atoms with E-state index in [2.05, 4.69) is 0 Å². The fraction of sp³-hybridized carbons (Fsp3) is 0.280. The van der Waals surface area contributed by atoms with Gasteiger partial charge in [0.1, 0.15) is 0 Å². The largest absolute Gasteiger partial charge is 0.462 e. The Morgan fingerprint density at radius 1 is 0.938 bits per heavy atom. The SMILES string of the molecule is CCOC(=O)/C(=C(/C)C1=C(C(C)=O)CN(S(=O)(=O)c2ccc(C)cc2)C1)c1ccccc1. The first-order chi connectivity index (χ1) is 15.2. The van der Waals surface area contributed by atoms with Gasteiger partial charge in [0.15, 0.2) is 5.78 Å². The Bertz CT molecular complexity index is 1190. The first-order valence-electron chi connectivity index (χ1n) is 10.4. The van der Waals surface area contributed by atoms with Gasteiger partial charge in [0.25, 0.3) is 0 Å². The summed E-state index contributed by atoms with van der Waals surface area (Å²) in [5, 5.41) is 0. The summed E-state index contributed by atoms with van der Waals surface area (Å²) in [5.41, 5.74) is 3.40. The summed E-state index contributed by atoms with van der Waals surface area (Å²) in [7, 11) is -3.81. The minimum Gasteiger partial charge on any atom is -0.462 e. The van der Waals surface area contributed by atoms with E-state index in [1.54, 1.807) is 50.2 Å². The van der Waals surface area contributed by atoms with Gasteiger partial charge in [0, 0.05) is 18.7 Å². The molecular formula is C25H27NO5S. The van der Waals surface area contributed by atoms with Crippen LogP contribution in [0.4, 0.5) is 0 Å². The topological polar surface area (TPSA) is 80.8 Å². The molecule has 7 heteroatoms. The van der Waals surface area contributed by atoms with Crippen LogP contribution in [0.2, 0.25) is 0 Å². The van der Waals surface area contributed by atoms with Crippen molar-refractivity contribution in [3.8, 4) is 0 Å². The lowest BCUT2D eigenvalue weighted by Crippen LogP contribution is -2.30. The van der Waals surface area contributed by atoms with Crippen molar-refractivity contribution in [2.45, 2.75) is 32.6 Å². The van der Waals surface area contributed by atoms with Crippen molar-refractivity contribution in [3.63, 3.8) is 0 Å². The third-order valence-electron chi connectivity index (χ3n) is 5.49. The number of benzene rings is 2. The van der Waals surface area contributed by atoms with E-state index in [0.29, 0.717) is 27.9 Å². The van der Waals surface area contributed by atoms with Gasteiger partial charge in [-0.15, -0.1) is 0 Å². The van der Waals surface area contributed by atoms with Crippen molar-refractivity contribution in [1.29, 1.82) is 0 Å². The van der Waals surface area contributed by atoms with Gasteiger partial charge in [-0.25, -0.2) is 13.2 Å². The second kappa shape index (κ2) is 9.63. The summed E-state index contributed by atoms with van der Waals surface area (Å²) in [4.78, 5) is 25.5. The molecule has 6 nitrogen and oxygen atoms in total. The second-order valence-corrected chi connectivity index (χ2v) is 9.62. The maximum Gasteiger partial charge on any atom is 0.339 e. The predicted octanol–water partition coefficient (Wildman–Crippen LogP) is 3.92. The molecule has 1 heterocycles. The molecule has 0 saturated heterocycles. The number of carbonyl (C=O) groups excluding carboxylic acids is 2. The van der Waals surface area contributed by atoms with E-state index in [4.69, 9.17) is 4.74 Å². The summed E-state index contributed by atoms with van der Waals surface area (Å²) in [6.45, 7) is 6.93. The molecule has 0 amide bonds. The molecule has 168 valence electrons. The van der Waals surface area contributed by atoms with E-state index in [-0.39, 0.29) is 30.4 Å². The molecule has 3 rings (SSSR count). The summed E-state index contributed by atoms with van der Waals surface area (Å²) in [5.74, 6) is -0.733. The van der Waals surface area contributed by atoms with Crippen molar-refractivity contribution >= 4 is 27.3 Å². The van der Waals surface area contributed by atoms with Gasteiger partial charge in [0.2, 0.25) is 10.0 Å². The molecule has 0 bridgehead atoms. The molecule has 0 spiro atoms. The number of hydrogen-bond acceptors (Lipinski definition) is 5. The Hall–Kier alpha value is -3.03. The molecule has 0 fully saturated rings. The van der Waals surface area contributed by atoms with Crippen LogP contribution < -0.4 is 0 Å². The third-order valence-corrected chi connectivity index (χ3v) is 7.29. The monoisotopic (exact) mass is 453 g/mol. The molecule has 32 heavy (non-hydrogen) atoms. The molecule has 0 saturated carbocycles. The number of aryl methyl sites for hydroxylation is 1. The van der Waals surface area contributed by atoms with Gasteiger partial charge in [-0.3, -0.25) is 4.79 Å². The van der Waals surface area contributed by atoms with Crippen LogP contribution in [0, 0.1) is 6.92 Å². The maximum absolute atomic E-state index is 13.2. The fourth-order valence-corrected chi connectivity index (χ4v) is 5.12. The summed E-state index contributed by atoms with van der Waals surface area (Å²) in [6.07, 6.45) is 0. The zero-order chi connectivity index (χ0) is 23.5. The summed E-state index contributed by atoms with van der Waals surface area (Å²) in [6, 6.07) is 15.6. The zero-order valence-corrected chi connectivity index (χ0v) is 19.5. The normalized spacial score (nSPS) is 15.5. The number of rotatable bonds is 7. The van der Waals surface area contributed by atoms with Crippen LogP contribution >= 0.6 is 0 Å². The smallest absolute Gasteiger partial charge is 0.339 e. The zero-order valence-electron chi connectivity index (χ0n) is 18.7. The molecule has 0 aliphatic carbocycles. The van der Waals surface area contributed by atoms with Gasteiger partial charge in [-0.1, -0.05) is 48.0 Å². The van der Waals surface area contributed by atoms with E-state index in [0.717, 1.165) is 5.56 Å². The molecule has 0 atom stereocenters. The van der Waals surface area contributed by atoms with Gasteiger partial charge < -0.3 is 4.74 Å². The molecule has 1 aliphatic rings. The highest BCUT2D eigenvalue weighted by Gasteiger charge is 2.35. The highest BCUT2D eigenvalue weighted by Crippen LogP contribution is 2.33. The third kappa shape index (κ3) is 4.74. The van der Waals surface area contributed by atoms with Crippen LogP contribution in [0.25, 0.3) is 5.57 Å². The Morgan fingerprint density at radius 2 is 1.53 bits per heavy atom. The number of nitrogens with zero attached hydrogens (tertiary/aromatic N) is 1. The molecule has 1 aliphatic heterocycles. The molecule has 2 aromatic carbocycles. The first kappa shape index (κ1) is 23.6. The van der Waals surface area contributed by atoms with E-state index < -0.39 is 16.0 Å². The molecule has 0 unspecified atom stereocenters. The van der Waals surface area contributed by atoms with Crippen molar-refractivity contribution in [2.24, 2.45) is 0 Å². The number of ketones is 1. The average molecular weight is 454 g/mol.